The fourth-order valence-electron chi connectivity index (χ4n) is 3.77. The summed E-state index contributed by atoms with van der Waals surface area (Å²) in [7, 11) is 0. The smallest absolute Gasteiger partial charge is 0.251 e. The van der Waals surface area contributed by atoms with Gasteiger partial charge in [0.15, 0.2) is 0 Å². The van der Waals surface area contributed by atoms with Gasteiger partial charge in [-0.25, -0.2) is 0 Å². The van der Waals surface area contributed by atoms with E-state index in [1.54, 1.807) is 0 Å². The molecule has 2 amide bonds. The lowest BCUT2D eigenvalue weighted by Gasteiger charge is -2.27. The van der Waals surface area contributed by atoms with Crippen LogP contribution in [0.15, 0.2) is 78.9 Å². The van der Waals surface area contributed by atoms with Gasteiger partial charge in [0.1, 0.15) is 6.04 Å². The number of fused-ring (bicyclic) bond motifs is 1. The van der Waals surface area contributed by atoms with Gasteiger partial charge in [-0.1, -0.05) is 66.7 Å². The predicted molar refractivity (Wildman–Crippen MR) is 118 cm³/mol. The molecule has 5 nitrogen and oxygen atoms in total. The number of hydrogen-bond acceptors (Lipinski definition) is 3. The average molecular weight is 399 g/mol. The maximum absolute atomic E-state index is 13.1. The number of benzene rings is 3. The Bertz CT molecular complexity index is 1050. The van der Waals surface area contributed by atoms with Gasteiger partial charge >= 0.3 is 0 Å². The molecule has 0 saturated carbocycles. The number of amides is 2. The number of aryl methyl sites for hydroxylation is 1. The molecule has 3 aromatic carbocycles. The first kappa shape index (κ1) is 19.9. The first-order valence-electron chi connectivity index (χ1n) is 10.1. The maximum Gasteiger partial charge on any atom is 0.251 e. The molecule has 1 aliphatic rings. The highest BCUT2D eigenvalue weighted by molar-refractivity contribution is 5.98. The zero-order valence-electron chi connectivity index (χ0n) is 16.9. The van der Waals surface area contributed by atoms with Gasteiger partial charge in [-0.05, 0) is 47.7 Å². The molecule has 1 heterocycles. The molecule has 0 bridgehead atoms. The second-order valence-electron chi connectivity index (χ2n) is 7.62. The van der Waals surface area contributed by atoms with Crippen molar-refractivity contribution in [1.29, 1.82) is 0 Å². The molecule has 0 radical (unpaired) electrons. The van der Waals surface area contributed by atoms with E-state index in [4.69, 9.17) is 0 Å². The number of hydrogen-bond donors (Lipinski definition) is 3. The number of nitrogens with one attached hydrogen (secondary N) is 3. The molecule has 5 heteroatoms. The van der Waals surface area contributed by atoms with Gasteiger partial charge in [-0.3, -0.25) is 9.59 Å². The molecular formula is C25H25N3O2. The summed E-state index contributed by atoms with van der Waals surface area (Å²) in [5, 5.41) is 9.17. The quantitative estimate of drug-likeness (QED) is 0.615. The monoisotopic (exact) mass is 399 g/mol. The van der Waals surface area contributed by atoms with E-state index in [-0.39, 0.29) is 17.9 Å². The van der Waals surface area contributed by atoms with Crippen LogP contribution >= 0.6 is 0 Å². The Morgan fingerprint density at radius 1 is 0.933 bits per heavy atom. The standard InChI is InChI=1S/C25H25N3O2/c1-17-8-7-13-21(14-17)27-25(30)23(18-9-3-2-4-10-18)28-24(29)22-15-19-11-5-6-12-20(19)16-26-22/h2-14,22-23,26H,15-16H2,1H3,(H,27,30)(H,28,29)/t22-,23+/m0/s1. The Kier molecular flexibility index (Phi) is 5.91. The van der Waals surface area contributed by atoms with Gasteiger partial charge in [-0.2, -0.15) is 0 Å². The fourth-order valence-corrected chi connectivity index (χ4v) is 3.77. The Labute approximate surface area is 176 Å². The van der Waals surface area contributed by atoms with Crippen molar-refractivity contribution in [2.45, 2.75) is 32.0 Å². The molecule has 3 aromatic rings. The van der Waals surface area contributed by atoms with Crippen LogP contribution in [0.1, 0.15) is 28.3 Å². The van der Waals surface area contributed by atoms with Crippen molar-refractivity contribution in [1.82, 2.24) is 10.6 Å². The van der Waals surface area contributed by atoms with Crippen LogP contribution in [-0.4, -0.2) is 17.9 Å². The van der Waals surface area contributed by atoms with E-state index in [0.717, 1.165) is 16.7 Å². The molecule has 0 aliphatic carbocycles. The van der Waals surface area contributed by atoms with E-state index in [0.29, 0.717) is 18.7 Å². The third kappa shape index (κ3) is 4.58. The Hall–Kier alpha value is -3.44. The molecule has 0 unspecified atom stereocenters. The molecule has 4 rings (SSSR count). The van der Waals surface area contributed by atoms with Crippen LogP contribution in [0.4, 0.5) is 5.69 Å². The molecule has 0 saturated heterocycles. The van der Waals surface area contributed by atoms with Crippen molar-refractivity contribution in [3.63, 3.8) is 0 Å². The second kappa shape index (κ2) is 8.93. The molecular weight excluding hydrogens is 374 g/mol. The first-order chi connectivity index (χ1) is 14.6. The topological polar surface area (TPSA) is 70.2 Å². The van der Waals surface area contributed by atoms with E-state index in [1.807, 2.05) is 73.7 Å². The SMILES string of the molecule is Cc1cccc(NC(=O)[C@H](NC(=O)[C@@H]2Cc3ccccc3CN2)c2ccccc2)c1. The highest BCUT2D eigenvalue weighted by Gasteiger charge is 2.29. The normalized spacial score (nSPS) is 16.2. The van der Waals surface area contributed by atoms with Crippen molar-refractivity contribution in [2.24, 2.45) is 0 Å². The molecule has 152 valence electrons. The summed E-state index contributed by atoms with van der Waals surface area (Å²) in [5.41, 5.74) is 4.88. The lowest BCUT2D eigenvalue weighted by atomic mass is 9.95. The van der Waals surface area contributed by atoms with Crippen LogP contribution < -0.4 is 16.0 Å². The van der Waals surface area contributed by atoms with Gasteiger partial charge < -0.3 is 16.0 Å². The second-order valence-corrected chi connectivity index (χ2v) is 7.62. The summed E-state index contributed by atoms with van der Waals surface area (Å²) < 4.78 is 0. The van der Waals surface area contributed by atoms with Crippen LogP contribution in [-0.2, 0) is 22.6 Å². The molecule has 0 spiro atoms. The van der Waals surface area contributed by atoms with Crippen LogP contribution in [0.25, 0.3) is 0 Å². The maximum atomic E-state index is 13.1. The van der Waals surface area contributed by atoms with E-state index >= 15 is 0 Å². The Morgan fingerprint density at radius 3 is 2.43 bits per heavy atom. The summed E-state index contributed by atoms with van der Waals surface area (Å²) in [6, 6.07) is 23.9. The largest absolute Gasteiger partial charge is 0.339 e. The summed E-state index contributed by atoms with van der Waals surface area (Å²) in [4.78, 5) is 26.1. The van der Waals surface area contributed by atoms with E-state index in [2.05, 4.69) is 28.1 Å². The van der Waals surface area contributed by atoms with E-state index < -0.39 is 6.04 Å². The fraction of sp³-hybridized carbons (Fsp3) is 0.200. The minimum absolute atomic E-state index is 0.183. The zero-order chi connectivity index (χ0) is 20.9. The number of rotatable bonds is 5. The minimum atomic E-state index is -0.779. The third-order valence-corrected chi connectivity index (χ3v) is 5.37. The summed E-state index contributed by atoms with van der Waals surface area (Å²) in [6.45, 7) is 2.61. The van der Waals surface area contributed by atoms with Crippen LogP contribution in [0.5, 0.6) is 0 Å². The van der Waals surface area contributed by atoms with Crippen molar-refractivity contribution < 1.29 is 9.59 Å². The first-order valence-corrected chi connectivity index (χ1v) is 10.1. The molecule has 30 heavy (non-hydrogen) atoms. The van der Waals surface area contributed by atoms with E-state index in [9.17, 15) is 9.59 Å². The Balaban J connectivity index is 1.52. The molecule has 2 atom stereocenters. The van der Waals surface area contributed by atoms with Crippen molar-refractivity contribution in [3.05, 3.63) is 101 Å². The summed E-state index contributed by atoms with van der Waals surface area (Å²) in [6.07, 6.45) is 0.600. The van der Waals surface area contributed by atoms with Gasteiger partial charge in [0.25, 0.3) is 5.91 Å². The van der Waals surface area contributed by atoms with Crippen molar-refractivity contribution >= 4 is 17.5 Å². The zero-order valence-corrected chi connectivity index (χ0v) is 16.9. The molecule has 3 N–H and O–H groups in total. The van der Waals surface area contributed by atoms with Crippen LogP contribution in [0.2, 0.25) is 0 Å². The van der Waals surface area contributed by atoms with Crippen molar-refractivity contribution in [3.8, 4) is 0 Å². The highest BCUT2D eigenvalue weighted by Crippen LogP contribution is 2.20. The van der Waals surface area contributed by atoms with Gasteiger partial charge in [0, 0.05) is 12.2 Å². The average Bonchev–Trinajstić information content (AvgIpc) is 2.77. The van der Waals surface area contributed by atoms with Gasteiger partial charge in [0.05, 0.1) is 6.04 Å². The molecule has 1 aliphatic heterocycles. The molecule has 0 fully saturated rings. The number of carbonyl (C=O) groups excluding carboxylic acids is 2. The van der Waals surface area contributed by atoms with E-state index in [1.165, 1.54) is 5.56 Å². The number of carbonyl (C=O) groups is 2. The number of anilines is 1. The summed E-state index contributed by atoms with van der Waals surface area (Å²) >= 11 is 0. The van der Waals surface area contributed by atoms with Gasteiger partial charge in [0.2, 0.25) is 5.91 Å². The lowest BCUT2D eigenvalue weighted by molar-refractivity contribution is -0.128. The lowest BCUT2D eigenvalue weighted by Crippen LogP contribution is -2.50. The van der Waals surface area contributed by atoms with Crippen LogP contribution in [0, 0.1) is 6.92 Å². The van der Waals surface area contributed by atoms with Crippen molar-refractivity contribution in [2.75, 3.05) is 5.32 Å². The van der Waals surface area contributed by atoms with Gasteiger partial charge in [-0.15, -0.1) is 0 Å². The highest BCUT2D eigenvalue weighted by atomic mass is 16.2. The molecule has 0 aromatic heterocycles. The third-order valence-electron chi connectivity index (χ3n) is 5.37. The minimum Gasteiger partial charge on any atom is -0.339 e. The summed E-state index contributed by atoms with van der Waals surface area (Å²) in [5.74, 6) is -0.450. The predicted octanol–water partition coefficient (Wildman–Crippen LogP) is 3.51. The Morgan fingerprint density at radius 2 is 1.67 bits per heavy atom. The van der Waals surface area contributed by atoms with Crippen LogP contribution in [0.3, 0.4) is 0 Å².